The number of nitrogens with zero attached hydrogens (tertiary/aromatic N) is 2. The van der Waals surface area contributed by atoms with E-state index in [2.05, 4.69) is 4.90 Å². The third-order valence-corrected chi connectivity index (χ3v) is 6.57. The molecule has 160 valence electrons. The molecule has 31 heavy (non-hydrogen) atoms. The molecule has 0 radical (unpaired) electrons. The lowest BCUT2D eigenvalue weighted by molar-refractivity contribution is -0.123. The van der Waals surface area contributed by atoms with Crippen molar-refractivity contribution in [2.24, 2.45) is 0 Å². The first kappa shape index (κ1) is 20.2. The van der Waals surface area contributed by atoms with E-state index in [0.717, 1.165) is 49.3 Å². The first-order valence-corrected chi connectivity index (χ1v) is 11.0. The van der Waals surface area contributed by atoms with Gasteiger partial charge >= 0.3 is 0 Å². The Morgan fingerprint density at radius 3 is 2.48 bits per heavy atom. The van der Waals surface area contributed by atoms with Crippen LogP contribution in [0.4, 0.5) is 10.5 Å². The van der Waals surface area contributed by atoms with Crippen molar-refractivity contribution in [3.63, 3.8) is 0 Å². The number of carbonyl (C=O) groups excluding carboxylic acids is 2. The normalized spacial score (nSPS) is 19.6. The standard InChI is InChI=1S/C22H19ClN2O5S/c23-17-11-19-18(29-13-30-19)10-15(17)12-25-21(26)20(31-22(25)27)9-14-1-3-16(4-2-14)24-5-7-28-8-6-24/h1-4,9-11H,5-8,12-13H2/b20-9+. The minimum absolute atomic E-state index is 0.0768. The van der Waals surface area contributed by atoms with Crippen LogP contribution in [0.5, 0.6) is 11.5 Å². The van der Waals surface area contributed by atoms with Crippen LogP contribution in [0.2, 0.25) is 5.02 Å². The maximum atomic E-state index is 12.9. The van der Waals surface area contributed by atoms with Crippen LogP contribution >= 0.6 is 23.4 Å². The zero-order valence-electron chi connectivity index (χ0n) is 16.5. The van der Waals surface area contributed by atoms with Gasteiger partial charge in [-0.2, -0.15) is 0 Å². The summed E-state index contributed by atoms with van der Waals surface area (Å²) in [6.45, 7) is 3.38. The highest BCUT2D eigenvalue weighted by molar-refractivity contribution is 8.18. The van der Waals surface area contributed by atoms with Crippen molar-refractivity contribution in [2.45, 2.75) is 6.54 Å². The molecule has 3 aliphatic heterocycles. The fourth-order valence-electron chi connectivity index (χ4n) is 3.64. The lowest BCUT2D eigenvalue weighted by Gasteiger charge is -2.28. The maximum absolute atomic E-state index is 12.9. The molecule has 0 bridgehead atoms. The minimum Gasteiger partial charge on any atom is -0.454 e. The number of carbonyl (C=O) groups is 2. The molecule has 5 rings (SSSR count). The van der Waals surface area contributed by atoms with E-state index in [1.807, 2.05) is 24.3 Å². The summed E-state index contributed by atoms with van der Waals surface area (Å²) in [5.41, 5.74) is 2.61. The molecule has 9 heteroatoms. The Bertz CT molecular complexity index is 1070. The number of anilines is 1. The number of fused-ring (bicyclic) bond motifs is 1. The molecule has 0 spiro atoms. The summed E-state index contributed by atoms with van der Waals surface area (Å²) in [6.07, 6.45) is 1.75. The van der Waals surface area contributed by atoms with Gasteiger partial charge < -0.3 is 19.1 Å². The van der Waals surface area contributed by atoms with Crippen molar-refractivity contribution < 1.29 is 23.8 Å². The monoisotopic (exact) mass is 458 g/mol. The van der Waals surface area contributed by atoms with E-state index in [4.69, 9.17) is 25.8 Å². The third kappa shape index (κ3) is 4.11. The molecular weight excluding hydrogens is 440 g/mol. The molecule has 3 heterocycles. The van der Waals surface area contributed by atoms with Gasteiger partial charge in [0.2, 0.25) is 6.79 Å². The topological polar surface area (TPSA) is 68.3 Å². The van der Waals surface area contributed by atoms with Crippen LogP contribution < -0.4 is 14.4 Å². The van der Waals surface area contributed by atoms with Crippen LogP contribution in [-0.4, -0.2) is 49.1 Å². The predicted molar refractivity (Wildman–Crippen MR) is 119 cm³/mol. The first-order chi connectivity index (χ1) is 15.1. The molecule has 7 nitrogen and oxygen atoms in total. The Hall–Kier alpha value is -2.68. The summed E-state index contributed by atoms with van der Waals surface area (Å²) in [4.78, 5) is 29.2. The third-order valence-electron chi connectivity index (χ3n) is 5.31. The van der Waals surface area contributed by atoms with Crippen molar-refractivity contribution in [2.75, 3.05) is 38.0 Å². The van der Waals surface area contributed by atoms with Crippen LogP contribution in [0.25, 0.3) is 6.08 Å². The molecule has 0 aromatic heterocycles. The molecule has 2 amide bonds. The number of amides is 2. The number of halogens is 1. The van der Waals surface area contributed by atoms with Gasteiger partial charge in [-0.05, 0) is 47.2 Å². The van der Waals surface area contributed by atoms with Crippen LogP contribution in [0.3, 0.4) is 0 Å². The summed E-state index contributed by atoms with van der Waals surface area (Å²) in [7, 11) is 0. The van der Waals surface area contributed by atoms with Gasteiger partial charge in [0.15, 0.2) is 11.5 Å². The second-order valence-electron chi connectivity index (χ2n) is 7.26. The van der Waals surface area contributed by atoms with Gasteiger partial charge in [-0.15, -0.1) is 0 Å². The van der Waals surface area contributed by atoms with Crippen molar-refractivity contribution in [3.8, 4) is 11.5 Å². The molecule has 2 fully saturated rings. The van der Waals surface area contributed by atoms with E-state index in [1.54, 1.807) is 18.2 Å². The van der Waals surface area contributed by atoms with Crippen LogP contribution in [-0.2, 0) is 16.1 Å². The number of hydrogen-bond acceptors (Lipinski definition) is 7. The summed E-state index contributed by atoms with van der Waals surface area (Å²) < 4.78 is 16.1. The van der Waals surface area contributed by atoms with E-state index in [-0.39, 0.29) is 24.5 Å². The number of imide groups is 1. The van der Waals surface area contributed by atoms with Crippen molar-refractivity contribution in [1.29, 1.82) is 0 Å². The molecule has 0 saturated carbocycles. The number of ether oxygens (including phenoxy) is 3. The smallest absolute Gasteiger partial charge is 0.293 e. The fourth-order valence-corrected chi connectivity index (χ4v) is 4.69. The minimum atomic E-state index is -0.332. The summed E-state index contributed by atoms with van der Waals surface area (Å²) in [6, 6.07) is 11.3. The Balaban J connectivity index is 1.31. The molecule has 2 aromatic carbocycles. The lowest BCUT2D eigenvalue weighted by atomic mass is 10.1. The van der Waals surface area contributed by atoms with Gasteiger partial charge in [-0.3, -0.25) is 14.5 Å². The highest BCUT2D eigenvalue weighted by atomic mass is 35.5. The Morgan fingerprint density at radius 1 is 1.03 bits per heavy atom. The molecule has 3 aliphatic rings. The molecule has 0 aliphatic carbocycles. The van der Waals surface area contributed by atoms with Crippen molar-refractivity contribution in [1.82, 2.24) is 4.90 Å². The van der Waals surface area contributed by atoms with Crippen LogP contribution in [0.15, 0.2) is 41.3 Å². The molecule has 0 unspecified atom stereocenters. The largest absolute Gasteiger partial charge is 0.454 e. The van der Waals surface area contributed by atoms with Gasteiger partial charge in [0.25, 0.3) is 11.1 Å². The fraction of sp³-hybridized carbons (Fsp3) is 0.273. The Morgan fingerprint density at radius 2 is 1.74 bits per heavy atom. The molecule has 2 aromatic rings. The first-order valence-electron chi connectivity index (χ1n) is 9.84. The highest BCUT2D eigenvalue weighted by Gasteiger charge is 2.35. The SMILES string of the molecule is O=C1S/C(=C/c2ccc(N3CCOCC3)cc2)C(=O)N1Cc1cc2c(cc1Cl)OCO2. The van der Waals surface area contributed by atoms with Gasteiger partial charge in [-0.25, -0.2) is 0 Å². The number of thioether (sulfide) groups is 1. The molecule has 2 saturated heterocycles. The van der Waals surface area contributed by atoms with E-state index in [1.165, 1.54) is 4.90 Å². The van der Waals surface area contributed by atoms with E-state index < -0.39 is 0 Å². The average molecular weight is 459 g/mol. The van der Waals surface area contributed by atoms with Crippen LogP contribution in [0, 0.1) is 0 Å². The molecule has 0 N–H and O–H groups in total. The molecular formula is C22H19ClN2O5S. The maximum Gasteiger partial charge on any atom is 0.293 e. The highest BCUT2D eigenvalue weighted by Crippen LogP contribution is 2.39. The predicted octanol–water partition coefficient (Wildman–Crippen LogP) is 4.14. The summed E-state index contributed by atoms with van der Waals surface area (Å²) in [5, 5.41) is 0.0981. The van der Waals surface area contributed by atoms with Gasteiger partial charge in [0.05, 0.1) is 24.7 Å². The zero-order chi connectivity index (χ0) is 21.4. The number of rotatable bonds is 4. The quantitative estimate of drug-likeness (QED) is 0.638. The van der Waals surface area contributed by atoms with Crippen molar-refractivity contribution >= 4 is 46.3 Å². The number of hydrogen-bond donors (Lipinski definition) is 0. The van der Waals surface area contributed by atoms with Gasteiger partial charge in [-0.1, -0.05) is 23.7 Å². The molecule has 0 atom stereocenters. The van der Waals surface area contributed by atoms with E-state index in [0.29, 0.717) is 27.0 Å². The lowest BCUT2D eigenvalue weighted by Crippen LogP contribution is -2.36. The average Bonchev–Trinajstić information content (AvgIpc) is 3.34. The summed E-state index contributed by atoms with van der Waals surface area (Å²) in [5.74, 6) is 0.784. The van der Waals surface area contributed by atoms with Gasteiger partial charge in [0.1, 0.15) is 0 Å². The summed E-state index contributed by atoms with van der Waals surface area (Å²) >= 11 is 7.24. The second-order valence-corrected chi connectivity index (χ2v) is 8.66. The number of morpholine rings is 1. The van der Waals surface area contributed by atoms with Crippen LogP contribution in [0.1, 0.15) is 11.1 Å². The Labute approximate surface area is 188 Å². The Kier molecular flexibility index (Phi) is 5.52. The zero-order valence-corrected chi connectivity index (χ0v) is 18.1. The van der Waals surface area contributed by atoms with E-state index in [9.17, 15) is 9.59 Å². The van der Waals surface area contributed by atoms with Gasteiger partial charge in [0, 0.05) is 29.9 Å². The van der Waals surface area contributed by atoms with E-state index >= 15 is 0 Å². The number of benzene rings is 2. The van der Waals surface area contributed by atoms with Crippen molar-refractivity contribution in [3.05, 3.63) is 57.5 Å². The second kappa shape index (κ2) is 8.45.